The molecule has 2 rings (SSSR count). The van der Waals surface area contributed by atoms with Crippen molar-refractivity contribution < 1.29 is 0 Å². The summed E-state index contributed by atoms with van der Waals surface area (Å²) in [7, 11) is 2.26. The van der Waals surface area contributed by atoms with Crippen molar-refractivity contribution in [2.45, 2.75) is 70.5 Å². The smallest absolute Gasteiger partial charge is 0.0253 e. The molecule has 0 radical (unpaired) electrons. The molecule has 3 atom stereocenters. The Labute approximate surface area is 119 Å². The van der Waals surface area contributed by atoms with Gasteiger partial charge in [-0.25, -0.2) is 0 Å². The largest absolute Gasteiger partial charge is 0.313 e. The second-order valence-electron chi connectivity index (χ2n) is 6.57. The third-order valence-corrected chi connectivity index (χ3v) is 5.00. The Morgan fingerprint density at radius 2 is 1.79 bits per heavy atom. The Balaban J connectivity index is 2.02. The van der Waals surface area contributed by atoms with Crippen molar-refractivity contribution in [1.29, 1.82) is 0 Å². The van der Waals surface area contributed by atoms with Gasteiger partial charge in [0.25, 0.3) is 0 Å². The van der Waals surface area contributed by atoms with E-state index in [9.17, 15) is 0 Å². The lowest BCUT2D eigenvalue weighted by atomic mass is 9.89. The van der Waals surface area contributed by atoms with Gasteiger partial charge in [-0.3, -0.25) is 4.90 Å². The summed E-state index contributed by atoms with van der Waals surface area (Å²) in [6, 6.07) is 2.20. The molecular weight excluding hydrogens is 234 g/mol. The Morgan fingerprint density at radius 1 is 1.05 bits per heavy atom. The van der Waals surface area contributed by atoms with Gasteiger partial charge in [0.05, 0.1) is 0 Å². The van der Waals surface area contributed by atoms with E-state index in [1.165, 1.54) is 58.2 Å². The molecule has 1 N–H and O–H groups in total. The van der Waals surface area contributed by atoms with Gasteiger partial charge >= 0.3 is 0 Å². The minimum absolute atomic E-state index is 0.712. The lowest BCUT2D eigenvalue weighted by Crippen LogP contribution is -2.59. The highest BCUT2D eigenvalue weighted by Gasteiger charge is 2.32. The molecule has 112 valence electrons. The minimum Gasteiger partial charge on any atom is -0.313 e. The molecule has 1 saturated carbocycles. The first-order valence-electron chi connectivity index (χ1n) is 8.40. The summed E-state index contributed by atoms with van der Waals surface area (Å²) in [6.07, 6.45) is 8.48. The number of piperazine rings is 1. The average Bonchev–Trinajstić information content (AvgIpc) is 2.35. The van der Waals surface area contributed by atoms with Gasteiger partial charge in [0.15, 0.2) is 0 Å². The van der Waals surface area contributed by atoms with E-state index in [1.54, 1.807) is 0 Å². The molecule has 0 amide bonds. The zero-order valence-corrected chi connectivity index (χ0v) is 13.2. The second kappa shape index (κ2) is 7.61. The van der Waals surface area contributed by atoms with Gasteiger partial charge in [-0.15, -0.1) is 0 Å². The van der Waals surface area contributed by atoms with Crippen molar-refractivity contribution in [3.05, 3.63) is 0 Å². The fourth-order valence-corrected chi connectivity index (χ4v) is 4.01. The number of nitrogens with one attached hydrogen (secondary N) is 1. The van der Waals surface area contributed by atoms with Gasteiger partial charge < -0.3 is 10.2 Å². The van der Waals surface area contributed by atoms with Gasteiger partial charge in [0.2, 0.25) is 0 Å². The molecule has 2 aliphatic rings. The topological polar surface area (TPSA) is 18.5 Å². The third kappa shape index (κ3) is 4.17. The summed E-state index contributed by atoms with van der Waals surface area (Å²) in [6.45, 7) is 9.50. The number of hydrogen-bond donors (Lipinski definition) is 1. The van der Waals surface area contributed by atoms with Crippen molar-refractivity contribution >= 4 is 0 Å². The van der Waals surface area contributed by atoms with Crippen molar-refractivity contribution in [3.8, 4) is 0 Å². The maximum absolute atomic E-state index is 3.78. The standard InChI is InChI=1S/C16H33N3/c1-4-17-15-9-7-5-6-8-10-16(15)19-12-11-18(3)13-14(19)2/h14-17H,4-13H2,1-3H3. The molecule has 3 unspecified atom stereocenters. The van der Waals surface area contributed by atoms with E-state index in [4.69, 9.17) is 0 Å². The monoisotopic (exact) mass is 267 g/mol. The van der Waals surface area contributed by atoms with E-state index in [0.717, 1.165) is 18.6 Å². The van der Waals surface area contributed by atoms with Crippen LogP contribution in [0.25, 0.3) is 0 Å². The average molecular weight is 267 g/mol. The minimum atomic E-state index is 0.712. The Kier molecular flexibility index (Phi) is 6.11. The zero-order chi connectivity index (χ0) is 13.7. The predicted octanol–water partition coefficient (Wildman–Crippen LogP) is 2.32. The van der Waals surface area contributed by atoms with Crippen LogP contribution in [0.3, 0.4) is 0 Å². The molecule has 1 aliphatic heterocycles. The van der Waals surface area contributed by atoms with E-state index >= 15 is 0 Å². The van der Waals surface area contributed by atoms with Crippen LogP contribution in [0.1, 0.15) is 52.4 Å². The highest BCUT2D eigenvalue weighted by Crippen LogP contribution is 2.25. The molecule has 1 heterocycles. The maximum atomic E-state index is 3.78. The summed E-state index contributed by atoms with van der Waals surface area (Å²) < 4.78 is 0. The fraction of sp³-hybridized carbons (Fsp3) is 1.00. The van der Waals surface area contributed by atoms with Crippen LogP contribution in [-0.2, 0) is 0 Å². The summed E-state index contributed by atoms with van der Waals surface area (Å²) in [4.78, 5) is 5.28. The van der Waals surface area contributed by atoms with Gasteiger partial charge in [-0.2, -0.15) is 0 Å². The lowest BCUT2D eigenvalue weighted by molar-refractivity contribution is 0.0360. The van der Waals surface area contributed by atoms with Crippen LogP contribution in [0.4, 0.5) is 0 Å². The van der Waals surface area contributed by atoms with Crippen LogP contribution in [0.5, 0.6) is 0 Å². The fourth-order valence-electron chi connectivity index (χ4n) is 4.01. The third-order valence-electron chi connectivity index (χ3n) is 5.00. The van der Waals surface area contributed by atoms with Crippen LogP contribution in [0.15, 0.2) is 0 Å². The SMILES string of the molecule is CCNC1CCCCCCC1N1CCN(C)CC1C. The number of rotatable bonds is 3. The van der Waals surface area contributed by atoms with Crippen molar-refractivity contribution in [2.75, 3.05) is 33.2 Å². The highest BCUT2D eigenvalue weighted by molar-refractivity contribution is 4.91. The van der Waals surface area contributed by atoms with E-state index in [-0.39, 0.29) is 0 Å². The van der Waals surface area contributed by atoms with E-state index in [2.05, 4.69) is 36.0 Å². The summed E-state index contributed by atoms with van der Waals surface area (Å²) in [5.74, 6) is 0. The molecule has 1 aliphatic carbocycles. The van der Waals surface area contributed by atoms with Crippen LogP contribution in [0, 0.1) is 0 Å². The molecule has 19 heavy (non-hydrogen) atoms. The highest BCUT2D eigenvalue weighted by atomic mass is 15.3. The number of likely N-dealkylation sites (N-methyl/N-ethyl adjacent to an activating group) is 2. The van der Waals surface area contributed by atoms with Crippen LogP contribution in [-0.4, -0.2) is 61.2 Å². The molecule has 1 saturated heterocycles. The molecule has 0 aromatic carbocycles. The summed E-state index contributed by atoms with van der Waals surface area (Å²) in [5.41, 5.74) is 0. The van der Waals surface area contributed by atoms with E-state index < -0.39 is 0 Å². The zero-order valence-electron chi connectivity index (χ0n) is 13.2. The van der Waals surface area contributed by atoms with Crippen LogP contribution >= 0.6 is 0 Å². The molecule has 0 spiro atoms. The van der Waals surface area contributed by atoms with Crippen molar-refractivity contribution in [2.24, 2.45) is 0 Å². The first kappa shape index (κ1) is 15.3. The molecule has 2 fully saturated rings. The normalized spacial score (nSPS) is 35.8. The van der Waals surface area contributed by atoms with Gasteiger partial charge in [0, 0.05) is 37.8 Å². The number of nitrogens with zero attached hydrogens (tertiary/aromatic N) is 2. The van der Waals surface area contributed by atoms with Crippen molar-refractivity contribution in [1.82, 2.24) is 15.1 Å². The first-order chi connectivity index (χ1) is 9.22. The second-order valence-corrected chi connectivity index (χ2v) is 6.57. The van der Waals surface area contributed by atoms with Crippen LogP contribution < -0.4 is 5.32 Å². The van der Waals surface area contributed by atoms with Gasteiger partial charge in [-0.05, 0) is 33.4 Å². The first-order valence-corrected chi connectivity index (χ1v) is 8.40. The quantitative estimate of drug-likeness (QED) is 0.846. The summed E-state index contributed by atoms with van der Waals surface area (Å²) in [5, 5.41) is 3.78. The Hall–Kier alpha value is -0.120. The number of hydrogen-bond acceptors (Lipinski definition) is 3. The van der Waals surface area contributed by atoms with Gasteiger partial charge in [-0.1, -0.05) is 32.6 Å². The van der Waals surface area contributed by atoms with Crippen LogP contribution in [0.2, 0.25) is 0 Å². The van der Waals surface area contributed by atoms with E-state index in [1.807, 2.05) is 0 Å². The summed E-state index contributed by atoms with van der Waals surface area (Å²) >= 11 is 0. The van der Waals surface area contributed by atoms with Crippen molar-refractivity contribution in [3.63, 3.8) is 0 Å². The maximum Gasteiger partial charge on any atom is 0.0253 e. The van der Waals surface area contributed by atoms with E-state index in [0.29, 0.717) is 6.04 Å². The molecule has 0 aromatic heterocycles. The lowest BCUT2D eigenvalue weighted by Gasteiger charge is -2.46. The molecular formula is C16H33N3. The molecule has 0 aromatic rings. The molecule has 0 bridgehead atoms. The van der Waals surface area contributed by atoms with Gasteiger partial charge in [0.1, 0.15) is 0 Å². The Morgan fingerprint density at radius 3 is 2.47 bits per heavy atom. The molecule has 3 heteroatoms. The molecule has 3 nitrogen and oxygen atoms in total. The Bertz CT molecular complexity index is 256. The predicted molar refractivity (Wildman–Crippen MR) is 82.6 cm³/mol.